The highest BCUT2D eigenvalue weighted by Crippen LogP contribution is 2.31. The third-order valence-corrected chi connectivity index (χ3v) is 5.77. The van der Waals surface area contributed by atoms with Gasteiger partial charge in [0.05, 0.1) is 5.69 Å². The van der Waals surface area contributed by atoms with Crippen LogP contribution in [-0.2, 0) is 20.9 Å². The van der Waals surface area contributed by atoms with Gasteiger partial charge in [0.15, 0.2) is 0 Å². The number of H-pyrrole nitrogens is 1. The number of benzene rings is 1. The largest absolute Gasteiger partial charge is 0.480 e. The Balaban J connectivity index is 1.50. The summed E-state index contributed by atoms with van der Waals surface area (Å²) in [6, 6.07) is 10.1. The molecule has 0 bridgehead atoms. The van der Waals surface area contributed by atoms with Gasteiger partial charge in [-0.25, -0.2) is 4.79 Å². The Hall–Kier alpha value is -4.02. The number of nitrogens with one attached hydrogen (secondary N) is 2. The predicted octanol–water partition coefficient (Wildman–Crippen LogP) is 2.09. The summed E-state index contributed by atoms with van der Waals surface area (Å²) in [6.07, 6.45) is 5.14. The van der Waals surface area contributed by atoms with Crippen molar-refractivity contribution >= 4 is 34.4 Å². The van der Waals surface area contributed by atoms with Crippen molar-refractivity contribution in [1.82, 2.24) is 19.8 Å². The van der Waals surface area contributed by atoms with Crippen molar-refractivity contribution in [2.45, 2.75) is 12.6 Å². The van der Waals surface area contributed by atoms with E-state index in [4.69, 9.17) is 5.11 Å². The van der Waals surface area contributed by atoms with Crippen molar-refractivity contribution < 1.29 is 24.6 Å². The van der Waals surface area contributed by atoms with Gasteiger partial charge in [-0.2, -0.15) is 0 Å². The predicted molar refractivity (Wildman–Crippen MR) is 125 cm³/mol. The lowest BCUT2D eigenvalue weighted by Gasteiger charge is -2.37. The van der Waals surface area contributed by atoms with Crippen molar-refractivity contribution in [1.29, 1.82) is 0 Å². The minimum Gasteiger partial charge on any atom is -0.480 e. The van der Waals surface area contributed by atoms with Gasteiger partial charge in [0.2, 0.25) is 5.91 Å². The molecule has 0 radical (unpaired) electrons. The highest BCUT2D eigenvalue weighted by atomic mass is 16.4. The molecule has 4 rings (SSSR count). The van der Waals surface area contributed by atoms with Gasteiger partial charge in [0.1, 0.15) is 6.04 Å². The average molecular weight is 463 g/mol. The number of piperazine rings is 1. The maximum Gasteiger partial charge on any atom is 0.328 e. The molecule has 1 fully saturated rings. The number of hydrogen-bond donors (Lipinski definition) is 4. The minimum absolute atomic E-state index is 0.442. The lowest BCUT2D eigenvalue weighted by Crippen LogP contribution is -2.48. The van der Waals surface area contributed by atoms with E-state index < -0.39 is 23.9 Å². The number of carbonyl (C=O) groups is 3. The van der Waals surface area contributed by atoms with E-state index in [0.29, 0.717) is 29.7 Å². The maximum absolute atomic E-state index is 12.3. The second-order valence-corrected chi connectivity index (χ2v) is 8.04. The fourth-order valence-corrected chi connectivity index (χ4v) is 4.16. The molecule has 0 unspecified atom stereocenters. The first-order valence-corrected chi connectivity index (χ1v) is 10.8. The smallest absolute Gasteiger partial charge is 0.328 e. The zero-order chi connectivity index (χ0) is 24.1. The Morgan fingerprint density at radius 1 is 1.09 bits per heavy atom. The number of aromatic amines is 1. The third-order valence-electron chi connectivity index (χ3n) is 5.77. The van der Waals surface area contributed by atoms with Crippen molar-refractivity contribution in [3.8, 4) is 0 Å². The first-order valence-electron chi connectivity index (χ1n) is 10.8. The number of hydrogen-bond acceptors (Lipinski definition) is 6. The molecule has 3 aromatic rings. The number of carboxylic acid groups (broad SMARTS) is 2. The molecule has 176 valence electrons. The van der Waals surface area contributed by atoms with E-state index in [1.165, 1.54) is 0 Å². The Bertz CT molecular complexity index is 1210. The van der Waals surface area contributed by atoms with Crippen molar-refractivity contribution in [2.75, 3.05) is 31.5 Å². The monoisotopic (exact) mass is 463 g/mol. The number of anilines is 1. The van der Waals surface area contributed by atoms with E-state index in [2.05, 4.69) is 20.2 Å². The summed E-state index contributed by atoms with van der Waals surface area (Å²) in [7, 11) is 0. The highest BCUT2D eigenvalue weighted by molar-refractivity contribution is 6.03. The molecule has 1 aliphatic heterocycles. The van der Waals surface area contributed by atoms with Gasteiger partial charge >= 0.3 is 11.9 Å². The molecule has 1 amide bonds. The first kappa shape index (κ1) is 23.1. The highest BCUT2D eigenvalue weighted by Gasteiger charge is 2.32. The topological polar surface area (TPSA) is 139 Å². The third kappa shape index (κ3) is 5.48. The first-order chi connectivity index (χ1) is 16.4. The Labute approximate surface area is 195 Å². The quantitative estimate of drug-likeness (QED) is 0.373. The van der Waals surface area contributed by atoms with Crippen LogP contribution in [0, 0.1) is 0 Å². The zero-order valence-electron chi connectivity index (χ0n) is 18.3. The molecule has 3 heterocycles. The molecular formula is C24H25N5O5. The van der Waals surface area contributed by atoms with E-state index in [9.17, 15) is 19.5 Å². The van der Waals surface area contributed by atoms with Crippen LogP contribution in [0.3, 0.4) is 0 Å². The zero-order valence-corrected chi connectivity index (χ0v) is 18.3. The van der Waals surface area contributed by atoms with Crippen LogP contribution in [0.4, 0.5) is 5.69 Å². The lowest BCUT2D eigenvalue weighted by atomic mass is 10.0. The van der Waals surface area contributed by atoms with E-state index in [1.54, 1.807) is 30.6 Å². The van der Waals surface area contributed by atoms with Crippen molar-refractivity contribution in [3.05, 3.63) is 72.2 Å². The SMILES string of the molecule is O=C(O)/C=C/C(=O)Nc1ccc2[nH]cc([C@H](C(=O)O)N3CCN(Cc4ccccn4)CC3)c2c1. The van der Waals surface area contributed by atoms with Crippen LogP contribution in [-0.4, -0.2) is 74.0 Å². The molecule has 0 saturated carbocycles. The number of nitrogens with zero attached hydrogens (tertiary/aromatic N) is 3. The van der Waals surface area contributed by atoms with Crippen LogP contribution < -0.4 is 5.32 Å². The molecule has 10 heteroatoms. The van der Waals surface area contributed by atoms with Crippen LogP contribution in [0.5, 0.6) is 0 Å². The number of pyridine rings is 1. The Morgan fingerprint density at radius 3 is 2.56 bits per heavy atom. The standard InChI is InChI=1S/C24H25N5O5/c30-21(6-7-22(31)32)27-16-4-5-20-18(13-16)19(14-26-20)23(24(33)34)29-11-9-28(10-12-29)15-17-3-1-2-8-25-17/h1-8,13-14,23,26H,9-12,15H2,(H,27,30)(H,31,32)(H,33,34)/b7-6+/t23-/m1/s1. The van der Waals surface area contributed by atoms with Crippen LogP contribution in [0.2, 0.25) is 0 Å². The van der Waals surface area contributed by atoms with Gasteiger partial charge in [0, 0.05) is 79.4 Å². The molecule has 1 atom stereocenters. The average Bonchev–Trinajstić information content (AvgIpc) is 3.22. The molecule has 34 heavy (non-hydrogen) atoms. The molecule has 0 spiro atoms. The molecule has 2 aromatic heterocycles. The molecule has 1 aromatic carbocycles. The number of aromatic nitrogens is 2. The summed E-state index contributed by atoms with van der Waals surface area (Å²) >= 11 is 0. The fourth-order valence-electron chi connectivity index (χ4n) is 4.16. The number of carbonyl (C=O) groups excluding carboxylic acids is 1. The maximum atomic E-state index is 12.3. The van der Waals surface area contributed by atoms with Gasteiger partial charge in [-0.15, -0.1) is 0 Å². The van der Waals surface area contributed by atoms with Crippen LogP contribution >= 0.6 is 0 Å². The summed E-state index contributed by atoms with van der Waals surface area (Å²) in [4.78, 5) is 46.5. The molecule has 1 saturated heterocycles. The summed E-state index contributed by atoms with van der Waals surface area (Å²) in [6.45, 7) is 3.35. The normalized spacial score (nSPS) is 16.0. The number of fused-ring (bicyclic) bond motifs is 1. The van der Waals surface area contributed by atoms with E-state index in [-0.39, 0.29) is 0 Å². The minimum atomic E-state index is -1.22. The molecule has 0 aliphatic carbocycles. The molecule has 10 nitrogen and oxygen atoms in total. The van der Waals surface area contributed by atoms with Crippen LogP contribution in [0.25, 0.3) is 10.9 Å². The molecule has 4 N–H and O–H groups in total. The van der Waals surface area contributed by atoms with Crippen molar-refractivity contribution in [3.63, 3.8) is 0 Å². The van der Waals surface area contributed by atoms with E-state index in [0.717, 1.165) is 43.0 Å². The summed E-state index contributed by atoms with van der Waals surface area (Å²) in [5.41, 5.74) is 2.78. The Morgan fingerprint density at radius 2 is 1.88 bits per heavy atom. The van der Waals surface area contributed by atoms with E-state index in [1.807, 2.05) is 23.1 Å². The molecular weight excluding hydrogens is 438 g/mol. The number of aliphatic carboxylic acids is 2. The summed E-state index contributed by atoms with van der Waals surface area (Å²) in [5.74, 6) is -2.75. The number of carboxylic acids is 2. The van der Waals surface area contributed by atoms with Gasteiger partial charge in [-0.3, -0.25) is 24.4 Å². The Kier molecular flexibility index (Phi) is 7.00. The van der Waals surface area contributed by atoms with Gasteiger partial charge in [-0.05, 0) is 30.3 Å². The van der Waals surface area contributed by atoms with E-state index >= 15 is 0 Å². The number of rotatable bonds is 8. The summed E-state index contributed by atoms with van der Waals surface area (Å²) < 4.78 is 0. The molecule has 1 aliphatic rings. The van der Waals surface area contributed by atoms with Gasteiger partial charge in [-0.1, -0.05) is 6.07 Å². The second kappa shape index (κ2) is 10.3. The second-order valence-electron chi connectivity index (χ2n) is 8.04. The van der Waals surface area contributed by atoms with Crippen molar-refractivity contribution in [2.24, 2.45) is 0 Å². The lowest BCUT2D eigenvalue weighted by molar-refractivity contribution is -0.144. The van der Waals surface area contributed by atoms with Gasteiger partial charge in [0.25, 0.3) is 0 Å². The van der Waals surface area contributed by atoms with Gasteiger partial charge < -0.3 is 20.5 Å². The fraction of sp³-hybridized carbons (Fsp3) is 0.250. The van der Waals surface area contributed by atoms with Crippen LogP contribution in [0.15, 0.2) is 60.9 Å². The van der Waals surface area contributed by atoms with Crippen LogP contribution in [0.1, 0.15) is 17.3 Å². The number of amides is 1. The summed E-state index contributed by atoms with van der Waals surface area (Å²) in [5, 5.41) is 22.0.